The summed E-state index contributed by atoms with van der Waals surface area (Å²) in [7, 11) is 0. The zero-order valence-corrected chi connectivity index (χ0v) is 23.6. The minimum Gasteiger partial charge on any atom is -0.352 e. The first-order valence-electron chi connectivity index (χ1n) is 13.1. The van der Waals surface area contributed by atoms with E-state index in [1.165, 1.54) is 12.0 Å². The van der Waals surface area contributed by atoms with Gasteiger partial charge in [-0.25, -0.2) is 0 Å². The Morgan fingerprint density at radius 2 is 1.46 bits per heavy atom. The molecule has 2 amide bonds. The molecule has 0 saturated heterocycles. The molecule has 3 aromatic rings. The SMILES string of the molecule is O=C(NC1CCCCC1)C(Cc1ccccc1)N(Cc1ccc(Br)cc1)C(=O)CSCc1ccccc1. The lowest BCUT2D eigenvalue weighted by molar-refractivity contribution is -0.139. The normalized spacial score (nSPS) is 14.6. The second kappa shape index (κ2) is 14.4. The van der Waals surface area contributed by atoms with Gasteiger partial charge in [0.1, 0.15) is 6.04 Å². The van der Waals surface area contributed by atoms with Crippen LogP contribution in [0.25, 0.3) is 0 Å². The molecular formula is C31H35BrN2O2S. The molecule has 1 saturated carbocycles. The van der Waals surface area contributed by atoms with Crippen molar-refractivity contribution in [2.75, 3.05) is 5.75 Å². The summed E-state index contributed by atoms with van der Waals surface area (Å²) in [4.78, 5) is 29.3. The smallest absolute Gasteiger partial charge is 0.243 e. The van der Waals surface area contributed by atoms with E-state index in [-0.39, 0.29) is 17.9 Å². The standard InChI is InChI=1S/C31H35BrN2O2S/c32-27-18-16-25(17-19-27)21-34(30(35)23-37-22-26-12-6-2-7-13-26)29(20-24-10-4-1-5-11-24)31(36)33-28-14-8-3-9-15-28/h1-2,4-7,10-13,16-19,28-29H,3,8-9,14-15,20-23H2,(H,33,36). The predicted octanol–water partition coefficient (Wildman–Crippen LogP) is 6.77. The van der Waals surface area contributed by atoms with Crippen LogP contribution in [0.5, 0.6) is 0 Å². The maximum absolute atomic E-state index is 13.8. The number of carbonyl (C=O) groups excluding carboxylic acids is 2. The molecule has 0 aliphatic heterocycles. The molecule has 0 radical (unpaired) electrons. The van der Waals surface area contributed by atoms with E-state index < -0.39 is 6.04 Å². The van der Waals surface area contributed by atoms with Gasteiger partial charge in [-0.2, -0.15) is 0 Å². The van der Waals surface area contributed by atoms with Gasteiger partial charge >= 0.3 is 0 Å². The van der Waals surface area contributed by atoms with Gasteiger partial charge in [-0.3, -0.25) is 9.59 Å². The molecule has 4 rings (SSSR count). The molecule has 1 unspecified atom stereocenters. The first-order chi connectivity index (χ1) is 18.1. The summed E-state index contributed by atoms with van der Waals surface area (Å²) in [6.45, 7) is 0.396. The Hall–Kier alpha value is -2.57. The minimum absolute atomic E-state index is 0.0106. The van der Waals surface area contributed by atoms with Crippen molar-refractivity contribution in [2.45, 2.75) is 62.9 Å². The summed E-state index contributed by atoms with van der Waals surface area (Å²) in [6, 6.07) is 27.8. The third-order valence-electron chi connectivity index (χ3n) is 6.83. The van der Waals surface area contributed by atoms with Crippen LogP contribution in [-0.2, 0) is 28.3 Å². The van der Waals surface area contributed by atoms with Gasteiger partial charge in [-0.05, 0) is 41.7 Å². The fourth-order valence-electron chi connectivity index (χ4n) is 4.80. The molecule has 0 aromatic heterocycles. The highest BCUT2D eigenvalue weighted by atomic mass is 79.9. The van der Waals surface area contributed by atoms with E-state index in [1.54, 1.807) is 16.7 Å². The van der Waals surface area contributed by atoms with Crippen LogP contribution < -0.4 is 5.32 Å². The zero-order valence-electron chi connectivity index (χ0n) is 21.2. The Balaban J connectivity index is 1.56. The summed E-state index contributed by atoms with van der Waals surface area (Å²) < 4.78 is 0.989. The molecule has 4 nitrogen and oxygen atoms in total. The Bertz CT molecular complexity index is 1120. The van der Waals surface area contributed by atoms with Crippen LogP contribution in [0.3, 0.4) is 0 Å². The molecule has 37 heavy (non-hydrogen) atoms. The lowest BCUT2D eigenvalue weighted by Crippen LogP contribution is -2.53. The number of hydrogen-bond acceptors (Lipinski definition) is 3. The highest BCUT2D eigenvalue weighted by Crippen LogP contribution is 2.22. The zero-order chi connectivity index (χ0) is 25.9. The molecule has 1 aliphatic carbocycles. The molecule has 1 aliphatic rings. The fourth-order valence-corrected chi connectivity index (χ4v) is 5.93. The maximum Gasteiger partial charge on any atom is 0.243 e. The van der Waals surface area contributed by atoms with Crippen molar-refractivity contribution in [1.82, 2.24) is 10.2 Å². The third kappa shape index (κ3) is 8.75. The summed E-state index contributed by atoms with van der Waals surface area (Å²) in [5, 5.41) is 3.30. The van der Waals surface area contributed by atoms with Crippen molar-refractivity contribution in [2.24, 2.45) is 0 Å². The van der Waals surface area contributed by atoms with E-state index in [9.17, 15) is 9.59 Å². The summed E-state index contributed by atoms with van der Waals surface area (Å²) in [6.07, 6.45) is 6.03. The Labute approximate surface area is 233 Å². The molecule has 6 heteroatoms. The topological polar surface area (TPSA) is 49.4 Å². The number of thioether (sulfide) groups is 1. The lowest BCUT2D eigenvalue weighted by Gasteiger charge is -2.33. The van der Waals surface area contributed by atoms with Crippen molar-refractivity contribution < 1.29 is 9.59 Å². The molecule has 194 valence electrons. The number of carbonyl (C=O) groups is 2. The van der Waals surface area contributed by atoms with Crippen molar-refractivity contribution in [3.05, 3.63) is 106 Å². The van der Waals surface area contributed by atoms with Crippen LogP contribution in [0, 0.1) is 0 Å². The minimum atomic E-state index is -0.571. The second-order valence-electron chi connectivity index (χ2n) is 9.68. The summed E-state index contributed by atoms with van der Waals surface area (Å²) >= 11 is 5.10. The van der Waals surface area contributed by atoms with Crippen molar-refractivity contribution in [1.29, 1.82) is 0 Å². The van der Waals surface area contributed by atoms with Crippen LogP contribution in [0.2, 0.25) is 0 Å². The van der Waals surface area contributed by atoms with Crippen LogP contribution >= 0.6 is 27.7 Å². The van der Waals surface area contributed by atoms with Gasteiger partial charge in [-0.15, -0.1) is 11.8 Å². The number of nitrogens with one attached hydrogen (secondary N) is 1. The fraction of sp³-hybridized carbons (Fsp3) is 0.355. The molecule has 3 aromatic carbocycles. The Morgan fingerprint density at radius 1 is 0.838 bits per heavy atom. The van der Waals surface area contributed by atoms with Gasteiger partial charge in [0.25, 0.3) is 0 Å². The summed E-state index contributed by atoms with van der Waals surface area (Å²) in [5.41, 5.74) is 3.25. The molecule has 0 spiro atoms. The second-order valence-corrected chi connectivity index (χ2v) is 11.6. The highest BCUT2D eigenvalue weighted by Gasteiger charge is 2.31. The number of rotatable bonds is 11. The molecule has 1 fully saturated rings. The van der Waals surface area contributed by atoms with E-state index in [2.05, 4.69) is 33.4 Å². The van der Waals surface area contributed by atoms with Crippen molar-refractivity contribution >= 4 is 39.5 Å². The van der Waals surface area contributed by atoms with Crippen LogP contribution in [-0.4, -0.2) is 34.6 Å². The van der Waals surface area contributed by atoms with Crippen LogP contribution in [0.4, 0.5) is 0 Å². The van der Waals surface area contributed by atoms with Crippen molar-refractivity contribution in [3.63, 3.8) is 0 Å². The van der Waals surface area contributed by atoms with E-state index in [4.69, 9.17) is 0 Å². The third-order valence-corrected chi connectivity index (χ3v) is 8.34. The van der Waals surface area contributed by atoms with E-state index >= 15 is 0 Å². The Kier molecular flexibility index (Phi) is 10.7. The average Bonchev–Trinajstić information content (AvgIpc) is 2.93. The molecule has 0 heterocycles. The number of amides is 2. The number of halogens is 1. The predicted molar refractivity (Wildman–Crippen MR) is 156 cm³/mol. The monoisotopic (exact) mass is 578 g/mol. The number of nitrogens with zero attached hydrogens (tertiary/aromatic N) is 1. The maximum atomic E-state index is 13.8. The van der Waals surface area contributed by atoms with E-state index in [0.29, 0.717) is 18.7 Å². The first-order valence-corrected chi connectivity index (χ1v) is 15.0. The van der Waals surface area contributed by atoms with E-state index in [0.717, 1.165) is 47.0 Å². The van der Waals surface area contributed by atoms with Crippen molar-refractivity contribution in [3.8, 4) is 0 Å². The first kappa shape index (κ1) is 27.5. The Morgan fingerprint density at radius 3 is 2.11 bits per heavy atom. The van der Waals surface area contributed by atoms with Gasteiger partial charge < -0.3 is 10.2 Å². The molecular weight excluding hydrogens is 544 g/mol. The van der Waals surface area contributed by atoms with Crippen LogP contribution in [0.1, 0.15) is 48.8 Å². The van der Waals surface area contributed by atoms with Gasteiger partial charge in [-0.1, -0.05) is 108 Å². The number of benzene rings is 3. The largest absolute Gasteiger partial charge is 0.352 e. The lowest BCUT2D eigenvalue weighted by atomic mass is 9.94. The van der Waals surface area contributed by atoms with Gasteiger partial charge in [0.05, 0.1) is 5.75 Å². The molecule has 0 bridgehead atoms. The highest BCUT2D eigenvalue weighted by molar-refractivity contribution is 9.10. The summed E-state index contributed by atoms with van der Waals surface area (Å²) in [5.74, 6) is 1.03. The molecule has 1 N–H and O–H groups in total. The van der Waals surface area contributed by atoms with Gasteiger partial charge in [0.15, 0.2) is 0 Å². The van der Waals surface area contributed by atoms with E-state index in [1.807, 2.05) is 72.8 Å². The molecule has 1 atom stereocenters. The average molecular weight is 580 g/mol. The van der Waals surface area contributed by atoms with Crippen LogP contribution in [0.15, 0.2) is 89.4 Å². The quantitative estimate of drug-likeness (QED) is 0.273. The number of hydrogen-bond donors (Lipinski definition) is 1. The van der Waals surface area contributed by atoms with Gasteiger partial charge in [0.2, 0.25) is 11.8 Å². The van der Waals surface area contributed by atoms with Gasteiger partial charge in [0, 0.05) is 29.2 Å².